The summed E-state index contributed by atoms with van der Waals surface area (Å²) >= 11 is 0. The van der Waals surface area contributed by atoms with Crippen LogP contribution in [0, 0.1) is 6.92 Å². The van der Waals surface area contributed by atoms with E-state index in [9.17, 15) is 13.2 Å². The number of carbonyl (C=O) groups excluding carboxylic acids is 1. The molecule has 1 amide bonds. The number of hydrogen-bond acceptors (Lipinski definition) is 5. The van der Waals surface area contributed by atoms with Crippen LogP contribution in [0.1, 0.15) is 28.8 Å². The van der Waals surface area contributed by atoms with Gasteiger partial charge in [-0.25, -0.2) is 13.1 Å². The van der Waals surface area contributed by atoms with Gasteiger partial charge in [-0.05, 0) is 55.7 Å². The molecule has 26 heavy (non-hydrogen) atoms. The minimum atomic E-state index is -3.64. The van der Waals surface area contributed by atoms with Crippen molar-refractivity contribution in [3.05, 3.63) is 47.5 Å². The molecule has 0 unspecified atom stereocenters. The molecule has 0 bridgehead atoms. The Morgan fingerprint density at radius 2 is 1.92 bits per heavy atom. The molecule has 138 valence electrons. The Labute approximate surface area is 152 Å². The predicted molar refractivity (Wildman–Crippen MR) is 99.9 cm³/mol. The third-order valence-electron chi connectivity index (χ3n) is 4.13. The lowest BCUT2D eigenvalue weighted by molar-refractivity contribution is 0.102. The molecule has 4 N–H and O–H groups in total. The first kappa shape index (κ1) is 18.2. The highest BCUT2D eigenvalue weighted by molar-refractivity contribution is 7.89. The SMILES string of the molecule is COc1ccc(S(=O)(=O)NC2CC2)cc1NC(=O)c1cc(N)ccc1C. The van der Waals surface area contributed by atoms with Gasteiger partial charge in [0.25, 0.3) is 5.91 Å². The highest BCUT2D eigenvalue weighted by Gasteiger charge is 2.28. The average Bonchev–Trinajstić information content (AvgIpc) is 3.40. The molecule has 0 aromatic heterocycles. The number of amides is 1. The van der Waals surface area contributed by atoms with Crippen LogP contribution >= 0.6 is 0 Å². The Balaban J connectivity index is 1.91. The number of aryl methyl sites for hydroxylation is 1. The normalized spacial score (nSPS) is 14.1. The zero-order valence-corrected chi connectivity index (χ0v) is 15.4. The summed E-state index contributed by atoms with van der Waals surface area (Å²) in [5.41, 5.74) is 7.67. The molecule has 0 aliphatic heterocycles. The number of nitrogens with one attached hydrogen (secondary N) is 2. The van der Waals surface area contributed by atoms with Crippen LogP contribution in [0.15, 0.2) is 41.3 Å². The maximum Gasteiger partial charge on any atom is 0.256 e. The lowest BCUT2D eigenvalue weighted by Crippen LogP contribution is -2.26. The molecule has 3 rings (SSSR count). The summed E-state index contributed by atoms with van der Waals surface area (Å²) in [7, 11) is -2.18. The summed E-state index contributed by atoms with van der Waals surface area (Å²) in [5, 5.41) is 2.72. The lowest BCUT2D eigenvalue weighted by Gasteiger charge is -2.14. The topological polar surface area (TPSA) is 111 Å². The van der Waals surface area contributed by atoms with Gasteiger partial charge in [-0.1, -0.05) is 6.07 Å². The molecule has 1 fully saturated rings. The largest absolute Gasteiger partial charge is 0.495 e. The second kappa shape index (κ2) is 6.97. The van der Waals surface area contributed by atoms with Crippen molar-refractivity contribution < 1.29 is 17.9 Å². The highest BCUT2D eigenvalue weighted by Crippen LogP contribution is 2.30. The molecule has 1 aliphatic carbocycles. The highest BCUT2D eigenvalue weighted by atomic mass is 32.2. The van der Waals surface area contributed by atoms with Crippen LogP contribution in [-0.2, 0) is 10.0 Å². The Bertz CT molecular complexity index is 953. The number of sulfonamides is 1. The smallest absolute Gasteiger partial charge is 0.256 e. The first-order valence-corrected chi connectivity index (χ1v) is 9.66. The van der Waals surface area contributed by atoms with E-state index in [2.05, 4.69) is 10.0 Å². The Hall–Kier alpha value is -2.58. The van der Waals surface area contributed by atoms with Gasteiger partial charge in [0.05, 0.1) is 17.7 Å². The van der Waals surface area contributed by atoms with E-state index in [0.29, 0.717) is 17.0 Å². The molecule has 0 saturated heterocycles. The summed E-state index contributed by atoms with van der Waals surface area (Å²) in [5.74, 6) is -0.0249. The number of hydrogen-bond donors (Lipinski definition) is 3. The number of methoxy groups -OCH3 is 1. The van der Waals surface area contributed by atoms with E-state index in [1.54, 1.807) is 25.1 Å². The molecule has 2 aromatic rings. The number of benzene rings is 2. The lowest BCUT2D eigenvalue weighted by atomic mass is 10.1. The van der Waals surface area contributed by atoms with Gasteiger partial charge in [-0.15, -0.1) is 0 Å². The summed E-state index contributed by atoms with van der Waals surface area (Å²) in [6.07, 6.45) is 1.68. The van der Waals surface area contributed by atoms with Crippen molar-refractivity contribution in [1.29, 1.82) is 0 Å². The van der Waals surface area contributed by atoms with Gasteiger partial charge in [-0.2, -0.15) is 0 Å². The maximum absolute atomic E-state index is 12.6. The molecule has 0 atom stereocenters. The van der Waals surface area contributed by atoms with Crippen LogP contribution in [0.25, 0.3) is 0 Å². The number of rotatable bonds is 6. The summed E-state index contributed by atoms with van der Waals surface area (Å²) in [6, 6.07) is 9.39. The van der Waals surface area contributed by atoms with Gasteiger partial charge < -0.3 is 15.8 Å². The zero-order chi connectivity index (χ0) is 18.9. The summed E-state index contributed by atoms with van der Waals surface area (Å²) in [6.45, 7) is 1.80. The van der Waals surface area contributed by atoms with Gasteiger partial charge >= 0.3 is 0 Å². The Morgan fingerprint density at radius 3 is 2.58 bits per heavy atom. The minimum Gasteiger partial charge on any atom is -0.495 e. The van der Waals surface area contributed by atoms with E-state index in [1.807, 2.05) is 0 Å². The zero-order valence-electron chi connectivity index (χ0n) is 14.6. The monoisotopic (exact) mass is 375 g/mol. The van der Waals surface area contributed by atoms with Crippen LogP contribution in [0.2, 0.25) is 0 Å². The molecule has 0 heterocycles. The van der Waals surface area contributed by atoms with Crippen LogP contribution in [-0.4, -0.2) is 27.5 Å². The number of nitrogens with two attached hydrogens (primary N) is 1. The van der Waals surface area contributed by atoms with Crippen molar-refractivity contribution >= 4 is 27.3 Å². The number of ether oxygens (including phenoxy) is 1. The fourth-order valence-corrected chi connectivity index (χ4v) is 3.85. The van der Waals surface area contributed by atoms with E-state index < -0.39 is 15.9 Å². The van der Waals surface area contributed by atoms with E-state index >= 15 is 0 Å². The van der Waals surface area contributed by atoms with E-state index in [1.165, 1.54) is 25.3 Å². The first-order valence-electron chi connectivity index (χ1n) is 8.18. The third-order valence-corrected chi connectivity index (χ3v) is 5.65. The Kier molecular flexibility index (Phi) is 4.88. The van der Waals surface area contributed by atoms with Crippen molar-refractivity contribution in [2.45, 2.75) is 30.7 Å². The standard InChI is InChI=1S/C18H21N3O4S/c1-11-3-4-12(19)9-15(11)18(22)20-16-10-14(7-8-17(16)25-2)26(23,24)21-13-5-6-13/h3-4,7-10,13,21H,5-6,19H2,1-2H3,(H,20,22). The molecule has 7 nitrogen and oxygen atoms in total. The Morgan fingerprint density at radius 1 is 1.19 bits per heavy atom. The molecule has 1 saturated carbocycles. The molecule has 0 spiro atoms. The van der Waals surface area contributed by atoms with Gasteiger partial charge in [0, 0.05) is 17.3 Å². The molecular weight excluding hydrogens is 354 g/mol. The second-order valence-electron chi connectivity index (χ2n) is 6.29. The van der Waals surface area contributed by atoms with Crippen molar-refractivity contribution in [3.8, 4) is 5.75 Å². The fraction of sp³-hybridized carbons (Fsp3) is 0.278. The quantitative estimate of drug-likeness (QED) is 0.671. The van der Waals surface area contributed by atoms with Gasteiger partial charge in [0.1, 0.15) is 5.75 Å². The average molecular weight is 375 g/mol. The van der Waals surface area contributed by atoms with E-state index in [0.717, 1.165) is 18.4 Å². The third kappa shape index (κ3) is 3.97. The van der Waals surface area contributed by atoms with Crippen molar-refractivity contribution in [3.63, 3.8) is 0 Å². The molecular formula is C18H21N3O4S. The molecule has 0 radical (unpaired) electrons. The van der Waals surface area contributed by atoms with Gasteiger partial charge in [-0.3, -0.25) is 4.79 Å². The minimum absolute atomic E-state index is 0.00455. The van der Waals surface area contributed by atoms with Crippen LogP contribution in [0.5, 0.6) is 5.75 Å². The van der Waals surface area contributed by atoms with Crippen LogP contribution in [0.3, 0.4) is 0 Å². The molecule has 2 aromatic carbocycles. The van der Waals surface area contributed by atoms with Crippen molar-refractivity contribution in [1.82, 2.24) is 4.72 Å². The number of nitrogen functional groups attached to an aromatic ring is 1. The van der Waals surface area contributed by atoms with E-state index in [4.69, 9.17) is 10.5 Å². The first-order chi connectivity index (χ1) is 12.3. The maximum atomic E-state index is 12.6. The van der Waals surface area contributed by atoms with Crippen LogP contribution < -0.4 is 20.5 Å². The van der Waals surface area contributed by atoms with Crippen LogP contribution in [0.4, 0.5) is 11.4 Å². The summed E-state index contributed by atoms with van der Waals surface area (Å²) in [4.78, 5) is 12.7. The molecule has 1 aliphatic rings. The van der Waals surface area contributed by atoms with Crippen molar-refractivity contribution in [2.24, 2.45) is 0 Å². The second-order valence-corrected chi connectivity index (χ2v) is 8.00. The summed E-state index contributed by atoms with van der Waals surface area (Å²) < 4.78 is 32.7. The van der Waals surface area contributed by atoms with E-state index in [-0.39, 0.29) is 16.6 Å². The fourth-order valence-electron chi connectivity index (χ4n) is 2.51. The predicted octanol–water partition coefficient (Wildman–Crippen LogP) is 2.28. The number of anilines is 2. The molecule has 8 heteroatoms. The number of carbonyl (C=O) groups is 1. The van der Waals surface area contributed by atoms with Gasteiger partial charge in [0.2, 0.25) is 10.0 Å². The van der Waals surface area contributed by atoms with Crippen molar-refractivity contribution in [2.75, 3.05) is 18.2 Å². The van der Waals surface area contributed by atoms with Gasteiger partial charge in [0.15, 0.2) is 0 Å².